The highest BCUT2D eigenvalue weighted by molar-refractivity contribution is 6.32. The van der Waals surface area contributed by atoms with E-state index >= 15 is 0 Å². The molecule has 1 fully saturated rings. The molecule has 2 amide bonds. The SMILES string of the molecule is C=C/C(Cl)=C(\C=C/C)C(/C)=C/C=C(\C=C/C)NC(=O)NCCCCN1CCN(c2ccccc2OC)CC1. The average Bonchev–Trinajstić information content (AvgIpc) is 2.94. The van der Waals surface area contributed by atoms with Crippen LogP contribution in [0.4, 0.5) is 10.5 Å². The van der Waals surface area contributed by atoms with Gasteiger partial charge in [0.25, 0.3) is 0 Å². The van der Waals surface area contributed by atoms with Gasteiger partial charge in [-0.1, -0.05) is 60.7 Å². The number of unbranched alkanes of at least 4 members (excludes halogenated alkanes) is 1. The predicted molar refractivity (Wildman–Crippen MR) is 162 cm³/mol. The molecule has 1 aromatic carbocycles. The second-order valence-electron chi connectivity index (χ2n) is 9.03. The minimum atomic E-state index is -0.209. The molecule has 0 atom stereocenters. The van der Waals surface area contributed by atoms with E-state index in [-0.39, 0.29) is 6.03 Å². The smallest absolute Gasteiger partial charge is 0.319 e. The van der Waals surface area contributed by atoms with Crippen LogP contribution in [-0.4, -0.2) is 57.3 Å². The van der Waals surface area contributed by atoms with Gasteiger partial charge in [0.05, 0.1) is 12.8 Å². The third-order valence-corrected chi connectivity index (χ3v) is 6.65. The van der Waals surface area contributed by atoms with E-state index in [0.29, 0.717) is 17.3 Å². The zero-order chi connectivity index (χ0) is 27.8. The second-order valence-corrected chi connectivity index (χ2v) is 9.43. The van der Waals surface area contributed by atoms with Crippen molar-refractivity contribution in [1.82, 2.24) is 15.5 Å². The fourth-order valence-corrected chi connectivity index (χ4v) is 4.45. The van der Waals surface area contributed by atoms with Crippen LogP contribution < -0.4 is 20.3 Å². The van der Waals surface area contributed by atoms with Crippen LogP contribution in [0.3, 0.4) is 0 Å². The summed E-state index contributed by atoms with van der Waals surface area (Å²) in [5, 5.41) is 6.48. The number of methoxy groups -OCH3 is 1. The van der Waals surface area contributed by atoms with Crippen molar-refractivity contribution in [2.75, 3.05) is 51.3 Å². The van der Waals surface area contributed by atoms with Crippen LogP contribution in [0.15, 0.2) is 95.3 Å². The molecule has 0 aliphatic carbocycles. The molecular formula is C31H43ClN4O2. The highest BCUT2D eigenvalue weighted by atomic mass is 35.5. The molecule has 1 heterocycles. The van der Waals surface area contributed by atoms with Gasteiger partial charge in [-0.25, -0.2) is 4.79 Å². The summed E-state index contributed by atoms with van der Waals surface area (Å²) in [6.07, 6.45) is 15.0. The maximum Gasteiger partial charge on any atom is 0.319 e. The summed E-state index contributed by atoms with van der Waals surface area (Å²) in [7, 11) is 1.72. The topological polar surface area (TPSA) is 56.8 Å². The van der Waals surface area contributed by atoms with Crippen LogP contribution in [0.5, 0.6) is 5.75 Å². The number of rotatable bonds is 13. The van der Waals surface area contributed by atoms with Crippen molar-refractivity contribution >= 4 is 23.3 Å². The molecule has 0 radical (unpaired) electrons. The van der Waals surface area contributed by atoms with Crippen molar-refractivity contribution in [1.29, 1.82) is 0 Å². The number of piperazine rings is 1. The Labute approximate surface area is 234 Å². The number of nitrogens with one attached hydrogen (secondary N) is 2. The Bertz CT molecular complexity index is 1060. The minimum absolute atomic E-state index is 0.209. The van der Waals surface area contributed by atoms with E-state index in [9.17, 15) is 4.79 Å². The van der Waals surface area contributed by atoms with E-state index in [2.05, 4.69) is 39.1 Å². The third kappa shape index (κ3) is 10.3. The summed E-state index contributed by atoms with van der Waals surface area (Å²) in [5.41, 5.74) is 3.73. The number of anilines is 1. The van der Waals surface area contributed by atoms with E-state index in [1.807, 2.05) is 69.4 Å². The largest absolute Gasteiger partial charge is 0.495 e. The standard InChI is InChI=1S/C31H43ClN4O2/c1-6-13-26(18-17-25(4)27(14-7-2)28(32)8-3)34-31(37)33-19-11-12-20-35-21-23-36(24-22-35)29-15-9-10-16-30(29)38-5/h6-10,13-18H,3,11-12,19-24H2,1-2,4-5H3,(H2,33,34,37)/b13-6-,14-7-,25-17+,26-18+,28-27-. The third-order valence-electron chi connectivity index (χ3n) is 6.30. The Morgan fingerprint density at radius 1 is 1.08 bits per heavy atom. The second kappa shape index (κ2) is 17.3. The molecule has 2 rings (SSSR count). The fraction of sp³-hybridized carbons (Fsp3) is 0.387. The van der Waals surface area contributed by atoms with Gasteiger partial charge in [0.15, 0.2) is 0 Å². The Morgan fingerprint density at radius 3 is 2.45 bits per heavy atom. The number of carbonyl (C=O) groups is 1. The quantitative estimate of drug-likeness (QED) is 0.221. The molecular weight excluding hydrogens is 496 g/mol. The van der Waals surface area contributed by atoms with Gasteiger partial charge in [0.2, 0.25) is 0 Å². The summed E-state index contributed by atoms with van der Waals surface area (Å²) >= 11 is 6.29. The molecule has 1 aliphatic heterocycles. The van der Waals surface area contributed by atoms with E-state index < -0.39 is 0 Å². The van der Waals surface area contributed by atoms with Gasteiger partial charge in [-0.2, -0.15) is 0 Å². The number of ether oxygens (including phenoxy) is 1. The Balaban J connectivity index is 1.75. The average molecular weight is 539 g/mol. The maximum atomic E-state index is 12.5. The summed E-state index contributed by atoms with van der Waals surface area (Å²) in [6.45, 7) is 15.3. The minimum Gasteiger partial charge on any atom is -0.495 e. The van der Waals surface area contributed by atoms with Crippen molar-refractivity contribution in [3.05, 3.63) is 95.3 Å². The number of hydrogen-bond donors (Lipinski definition) is 2. The number of benzene rings is 1. The van der Waals surface area contributed by atoms with Crippen LogP contribution in [-0.2, 0) is 0 Å². The monoisotopic (exact) mass is 538 g/mol. The van der Waals surface area contributed by atoms with Gasteiger partial charge < -0.3 is 20.3 Å². The van der Waals surface area contributed by atoms with Crippen molar-refractivity contribution in [2.45, 2.75) is 33.6 Å². The van der Waals surface area contributed by atoms with Gasteiger partial charge in [0, 0.05) is 43.5 Å². The zero-order valence-electron chi connectivity index (χ0n) is 23.3. The molecule has 38 heavy (non-hydrogen) atoms. The van der Waals surface area contributed by atoms with E-state index in [1.165, 1.54) is 0 Å². The van der Waals surface area contributed by atoms with Crippen molar-refractivity contribution < 1.29 is 9.53 Å². The van der Waals surface area contributed by atoms with Crippen LogP contribution in [0.2, 0.25) is 0 Å². The number of halogens is 1. The first-order valence-corrected chi connectivity index (χ1v) is 13.6. The Hall–Kier alpha value is -3.22. The summed E-state index contributed by atoms with van der Waals surface area (Å²) in [4.78, 5) is 17.3. The number of allylic oxidation sites excluding steroid dienone is 10. The Kier molecular flexibility index (Phi) is 14.1. The first kappa shape index (κ1) is 31.0. The molecule has 1 aliphatic rings. The number of hydrogen-bond acceptors (Lipinski definition) is 4. The van der Waals surface area contributed by atoms with Gasteiger partial charge in [-0.05, 0) is 75.6 Å². The maximum absolute atomic E-state index is 12.5. The first-order valence-electron chi connectivity index (χ1n) is 13.2. The number of urea groups is 1. The van der Waals surface area contributed by atoms with Crippen molar-refractivity contribution in [3.63, 3.8) is 0 Å². The summed E-state index contributed by atoms with van der Waals surface area (Å²) < 4.78 is 5.51. The summed E-state index contributed by atoms with van der Waals surface area (Å²) in [6, 6.07) is 7.98. The van der Waals surface area contributed by atoms with Gasteiger partial charge >= 0.3 is 6.03 Å². The van der Waals surface area contributed by atoms with E-state index in [1.54, 1.807) is 13.2 Å². The number of para-hydroxylation sites is 2. The van der Waals surface area contributed by atoms with Crippen LogP contribution in [0, 0.1) is 0 Å². The molecule has 6 nitrogen and oxygen atoms in total. The molecule has 0 unspecified atom stereocenters. The molecule has 1 aromatic rings. The number of carbonyl (C=O) groups excluding carboxylic acids is 1. The predicted octanol–water partition coefficient (Wildman–Crippen LogP) is 6.56. The highest BCUT2D eigenvalue weighted by Gasteiger charge is 2.19. The van der Waals surface area contributed by atoms with Crippen LogP contribution in [0.1, 0.15) is 33.6 Å². The lowest BCUT2D eigenvalue weighted by atomic mass is 10.1. The van der Waals surface area contributed by atoms with Gasteiger partial charge in [0.1, 0.15) is 5.75 Å². The van der Waals surface area contributed by atoms with Gasteiger partial charge in [-0.15, -0.1) is 0 Å². The first-order chi connectivity index (χ1) is 18.4. The van der Waals surface area contributed by atoms with Crippen molar-refractivity contribution in [2.24, 2.45) is 0 Å². The molecule has 1 saturated heterocycles. The lowest BCUT2D eigenvalue weighted by molar-refractivity contribution is 0.240. The molecule has 206 valence electrons. The fourth-order valence-electron chi connectivity index (χ4n) is 4.24. The lowest BCUT2D eigenvalue weighted by Gasteiger charge is -2.36. The zero-order valence-corrected chi connectivity index (χ0v) is 24.1. The molecule has 0 saturated carbocycles. The number of nitrogens with zero attached hydrogens (tertiary/aromatic N) is 2. The molecule has 2 N–H and O–H groups in total. The lowest BCUT2D eigenvalue weighted by Crippen LogP contribution is -2.46. The molecule has 0 bridgehead atoms. The molecule has 0 aromatic heterocycles. The number of amides is 2. The molecule has 0 spiro atoms. The molecule has 7 heteroatoms. The normalized spacial score (nSPS) is 16.1. The van der Waals surface area contributed by atoms with E-state index in [0.717, 1.165) is 68.1 Å². The van der Waals surface area contributed by atoms with E-state index in [4.69, 9.17) is 16.3 Å². The van der Waals surface area contributed by atoms with Crippen molar-refractivity contribution in [3.8, 4) is 5.75 Å². The van der Waals surface area contributed by atoms with Crippen LogP contribution >= 0.6 is 11.6 Å². The summed E-state index contributed by atoms with van der Waals surface area (Å²) in [5.74, 6) is 0.927. The highest BCUT2D eigenvalue weighted by Crippen LogP contribution is 2.28. The van der Waals surface area contributed by atoms with Gasteiger partial charge in [-0.3, -0.25) is 4.90 Å². The Morgan fingerprint density at radius 2 is 1.79 bits per heavy atom. The van der Waals surface area contributed by atoms with Crippen LogP contribution in [0.25, 0.3) is 0 Å².